The molecule has 0 aliphatic carbocycles. The summed E-state index contributed by atoms with van der Waals surface area (Å²) in [4.78, 5) is 17.2. The number of piperidine rings is 1. The van der Waals surface area contributed by atoms with Crippen LogP contribution in [0.25, 0.3) is 11.4 Å². The highest BCUT2D eigenvalue weighted by molar-refractivity contribution is 5.70. The summed E-state index contributed by atoms with van der Waals surface area (Å²) in [5.74, 6) is -2.62. The van der Waals surface area contributed by atoms with Crippen molar-refractivity contribution in [3.63, 3.8) is 0 Å². The average molecular weight is 323 g/mol. The largest absolute Gasteiger partial charge is 0.481 e. The van der Waals surface area contributed by atoms with Crippen LogP contribution in [0, 0.1) is 17.6 Å². The van der Waals surface area contributed by atoms with Gasteiger partial charge in [-0.2, -0.15) is 4.98 Å². The Balaban J connectivity index is 1.69. The molecule has 1 aliphatic rings. The topological polar surface area (TPSA) is 79.5 Å². The molecule has 1 aliphatic heterocycles. The second-order valence-electron chi connectivity index (χ2n) is 5.55. The summed E-state index contributed by atoms with van der Waals surface area (Å²) >= 11 is 0. The van der Waals surface area contributed by atoms with E-state index in [2.05, 4.69) is 10.1 Å². The number of carboxylic acids is 1. The van der Waals surface area contributed by atoms with Gasteiger partial charge in [-0.05, 0) is 37.6 Å². The van der Waals surface area contributed by atoms with Gasteiger partial charge in [0.25, 0.3) is 0 Å². The summed E-state index contributed by atoms with van der Waals surface area (Å²) in [6.07, 6.45) is 1.46. The van der Waals surface area contributed by atoms with Gasteiger partial charge >= 0.3 is 5.97 Å². The molecule has 1 saturated heterocycles. The number of hydrogen-bond acceptors (Lipinski definition) is 5. The average Bonchev–Trinajstić information content (AvgIpc) is 2.99. The van der Waals surface area contributed by atoms with E-state index in [1.54, 1.807) is 0 Å². The van der Waals surface area contributed by atoms with Crippen LogP contribution in [0.3, 0.4) is 0 Å². The van der Waals surface area contributed by atoms with Gasteiger partial charge in [0, 0.05) is 12.1 Å². The molecule has 122 valence electrons. The Kier molecular flexibility index (Phi) is 4.33. The molecule has 0 saturated carbocycles. The van der Waals surface area contributed by atoms with Crippen molar-refractivity contribution in [1.29, 1.82) is 0 Å². The fourth-order valence-electron chi connectivity index (χ4n) is 2.66. The minimum absolute atomic E-state index is 0.172. The number of carboxylic acid groups (broad SMARTS) is 1. The zero-order valence-electron chi connectivity index (χ0n) is 12.2. The smallest absolute Gasteiger partial charge is 0.307 e. The molecule has 1 N–H and O–H groups in total. The van der Waals surface area contributed by atoms with E-state index >= 15 is 0 Å². The predicted molar refractivity (Wildman–Crippen MR) is 75.3 cm³/mol. The molecule has 8 heteroatoms. The van der Waals surface area contributed by atoms with Crippen LogP contribution < -0.4 is 0 Å². The standard InChI is InChI=1S/C15H15F2N3O3/c16-11-4-3-9(6-12(11)17)14-18-13(23-19-14)8-20-5-1-2-10(7-20)15(21)22/h3-4,6,10H,1-2,5,7-8H2,(H,21,22). The fourth-order valence-corrected chi connectivity index (χ4v) is 2.66. The molecule has 0 amide bonds. The van der Waals surface area contributed by atoms with E-state index in [0.29, 0.717) is 31.0 Å². The van der Waals surface area contributed by atoms with Gasteiger partial charge in [0.05, 0.1) is 12.5 Å². The number of nitrogens with zero attached hydrogens (tertiary/aromatic N) is 3. The van der Waals surface area contributed by atoms with Gasteiger partial charge in [-0.3, -0.25) is 9.69 Å². The van der Waals surface area contributed by atoms with Gasteiger partial charge in [-0.25, -0.2) is 8.78 Å². The van der Waals surface area contributed by atoms with Crippen molar-refractivity contribution in [3.8, 4) is 11.4 Å². The summed E-state index contributed by atoms with van der Waals surface area (Å²) in [6, 6.07) is 3.38. The molecule has 0 radical (unpaired) electrons. The number of halogens is 2. The Labute approximate surface area is 130 Å². The maximum Gasteiger partial charge on any atom is 0.307 e. The minimum atomic E-state index is -0.978. The molecule has 1 aromatic heterocycles. The highest BCUT2D eigenvalue weighted by atomic mass is 19.2. The Morgan fingerprint density at radius 2 is 2.22 bits per heavy atom. The predicted octanol–water partition coefficient (Wildman–Crippen LogP) is 2.31. The van der Waals surface area contributed by atoms with E-state index in [1.165, 1.54) is 6.07 Å². The fraction of sp³-hybridized carbons (Fsp3) is 0.400. The lowest BCUT2D eigenvalue weighted by atomic mass is 9.98. The van der Waals surface area contributed by atoms with Crippen LogP contribution in [0.2, 0.25) is 0 Å². The summed E-state index contributed by atoms with van der Waals surface area (Å²) < 4.78 is 31.3. The number of likely N-dealkylation sites (tertiary alicyclic amines) is 1. The summed E-state index contributed by atoms with van der Waals surface area (Å²) in [5, 5.41) is 12.8. The molecular weight excluding hydrogens is 308 g/mol. The van der Waals surface area contributed by atoms with Gasteiger partial charge in [0.1, 0.15) is 0 Å². The van der Waals surface area contributed by atoms with Crippen molar-refractivity contribution < 1.29 is 23.2 Å². The van der Waals surface area contributed by atoms with Crippen molar-refractivity contribution >= 4 is 5.97 Å². The monoisotopic (exact) mass is 323 g/mol. The highest BCUT2D eigenvalue weighted by Gasteiger charge is 2.26. The van der Waals surface area contributed by atoms with Crippen molar-refractivity contribution in [3.05, 3.63) is 35.7 Å². The van der Waals surface area contributed by atoms with Crippen LogP contribution in [0.1, 0.15) is 18.7 Å². The van der Waals surface area contributed by atoms with Crippen molar-refractivity contribution in [2.45, 2.75) is 19.4 Å². The van der Waals surface area contributed by atoms with Gasteiger partial charge in [-0.15, -0.1) is 0 Å². The molecule has 0 bridgehead atoms. The van der Waals surface area contributed by atoms with Gasteiger partial charge < -0.3 is 9.63 Å². The molecule has 2 aromatic rings. The number of rotatable bonds is 4. The third-order valence-electron chi connectivity index (χ3n) is 3.86. The Hall–Kier alpha value is -2.35. The van der Waals surface area contributed by atoms with Gasteiger partial charge in [-0.1, -0.05) is 5.16 Å². The quantitative estimate of drug-likeness (QED) is 0.930. The number of aliphatic carboxylic acids is 1. The molecule has 3 rings (SSSR count). The molecule has 1 atom stereocenters. The van der Waals surface area contributed by atoms with Crippen molar-refractivity contribution in [2.75, 3.05) is 13.1 Å². The van der Waals surface area contributed by atoms with Crippen LogP contribution in [-0.4, -0.2) is 39.2 Å². The van der Waals surface area contributed by atoms with Crippen LogP contribution in [0.5, 0.6) is 0 Å². The molecule has 1 unspecified atom stereocenters. The van der Waals surface area contributed by atoms with Crippen LogP contribution in [0.4, 0.5) is 8.78 Å². The molecular formula is C15H15F2N3O3. The molecule has 23 heavy (non-hydrogen) atoms. The van der Waals surface area contributed by atoms with Crippen LogP contribution in [0.15, 0.2) is 22.7 Å². The normalized spacial score (nSPS) is 19.0. The van der Waals surface area contributed by atoms with E-state index < -0.39 is 23.5 Å². The van der Waals surface area contributed by atoms with E-state index in [-0.39, 0.29) is 5.82 Å². The Morgan fingerprint density at radius 1 is 1.39 bits per heavy atom. The lowest BCUT2D eigenvalue weighted by molar-refractivity contribution is -0.143. The van der Waals surface area contributed by atoms with Gasteiger partial charge in [0.2, 0.25) is 11.7 Å². The van der Waals surface area contributed by atoms with E-state index in [4.69, 9.17) is 9.63 Å². The number of hydrogen-bond donors (Lipinski definition) is 1. The molecule has 0 spiro atoms. The molecule has 1 aromatic carbocycles. The van der Waals surface area contributed by atoms with Gasteiger partial charge in [0.15, 0.2) is 11.6 Å². The second kappa shape index (κ2) is 6.41. The SMILES string of the molecule is O=C(O)C1CCCN(Cc2nc(-c3ccc(F)c(F)c3)no2)C1. The summed E-state index contributed by atoms with van der Waals surface area (Å²) in [6.45, 7) is 1.52. The first-order chi connectivity index (χ1) is 11.0. The number of benzene rings is 1. The Bertz CT molecular complexity index is 720. The maximum absolute atomic E-state index is 13.2. The van der Waals surface area contributed by atoms with E-state index in [9.17, 15) is 13.6 Å². The molecule has 2 heterocycles. The third-order valence-corrected chi connectivity index (χ3v) is 3.86. The molecule has 1 fully saturated rings. The molecule has 6 nitrogen and oxygen atoms in total. The lowest BCUT2D eigenvalue weighted by Crippen LogP contribution is -2.38. The second-order valence-corrected chi connectivity index (χ2v) is 5.55. The minimum Gasteiger partial charge on any atom is -0.481 e. The summed E-state index contributed by atoms with van der Waals surface area (Å²) in [5.41, 5.74) is 0.320. The zero-order chi connectivity index (χ0) is 16.4. The first-order valence-electron chi connectivity index (χ1n) is 7.26. The van der Waals surface area contributed by atoms with E-state index in [0.717, 1.165) is 25.1 Å². The lowest BCUT2D eigenvalue weighted by Gasteiger charge is -2.29. The van der Waals surface area contributed by atoms with Crippen LogP contribution >= 0.6 is 0 Å². The number of aromatic nitrogens is 2. The van der Waals surface area contributed by atoms with Crippen molar-refractivity contribution in [1.82, 2.24) is 15.0 Å². The van der Waals surface area contributed by atoms with Crippen molar-refractivity contribution in [2.24, 2.45) is 5.92 Å². The highest BCUT2D eigenvalue weighted by Crippen LogP contribution is 2.21. The first kappa shape index (κ1) is 15.5. The summed E-state index contributed by atoms with van der Waals surface area (Å²) in [7, 11) is 0. The third kappa shape index (κ3) is 3.53. The maximum atomic E-state index is 13.2. The van der Waals surface area contributed by atoms with Crippen LogP contribution in [-0.2, 0) is 11.3 Å². The van der Waals surface area contributed by atoms with E-state index in [1.807, 2.05) is 4.90 Å². The number of carbonyl (C=O) groups is 1. The Morgan fingerprint density at radius 3 is 2.96 bits per heavy atom. The first-order valence-corrected chi connectivity index (χ1v) is 7.26. The zero-order valence-corrected chi connectivity index (χ0v) is 12.2.